The molecule has 202 valence electrons. The van der Waals surface area contributed by atoms with Gasteiger partial charge in [0.2, 0.25) is 0 Å². The molecular formula is C41H32O. The second-order valence-electron chi connectivity index (χ2n) is 12.0. The van der Waals surface area contributed by atoms with Crippen molar-refractivity contribution in [2.45, 2.75) is 31.6 Å². The second-order valence-corrected chi connectivity index (χ2v) is 12.0. The molecule has 0 saturated heterocycles. The Morgan fingerprint density at radius 3 is 1.93 bits per heavy atom. The third kappa shape index (κ3) is 3.03. The first-order valence-electron chi connectivity index (χ1n) is 14.8. The van der Waals surface area contributed by atoms with E-state index in [0.29, 0.717) is 0 Å². The molecule has 0 N–H and O–H groups in total. The Balaban J connectivity index is 1.47. The van der Waals surface area contributed by atoms with Crippen LogP contribution in [0.4, 0.5) is 0 Å². The molecule has 2 aliphatic carbocycles. The molecule has 0 fully saturated rings. The third-order valence-electron chi connectivity index (χ3n) is 9.66. The molecule has 1 heterocycles. The Morgan fingerprint density at radius 1 is 0.619 bits per heavy atom. The van der Waals surface area contributed by atoms with E-state index in [1.54, 1.807) is 0 Å². The van der Waals surface area contributed by atoms with Crippen LogP contribution in [-0.4, -0.2) is 0 Å². The monoisotopic (exact) mass is 540 g/mol. The second kappa shape index (κ2) is 8.81. The number of allylic oxidation sites excluding steroid dienone is 5. The maximum absolute atomic E-state index is 6.57. The summed E-state index contributed by atoms with van der Waals surface area (Å²) in [6.07, 6.45) is 6.39. The van der Waals surface area contributed by atoms with Crippen molar-refractivity contribution in [3.05, 3.63) is 173 Å². The van der Waals surface area contributed by atoms with Gasteiger partial charge >= 0.3 is 0 Å². The fourth-order valence-corrected chi connectivity index (χ4v) is 7.96. The summed E-state index contributed by atoms with van der Waals surface area (Å²) in [6, 6.07) is 40.0. The van der Waals surface area contributed by atoms with Gasteiger partial charge in [-0.2, -0.15) is 0 Å². The molecule has 5 aromatic rings. The van der Waals surface area contributed by atoms with Gasteiger partial charge in [0.05, 0.1) is 5.41 Å². The van der Waals surface area contributed by atoms with Crippen LogP contribution in [0.5, 0.6) is 11.5 Å². The van der Waals surface area contributed by atoms with Crippen LogP contribution < -0.4 is 4.74 Å². The minimum atomic E-state index is -0.497. The first kappa shape index (κ1) is 24.9. The van der Waals surface area contributed by atoms with E-state index < -0.39 is 5.41 Å². The molecule has 8 rings (SSSR count). The van der Waals surface area contributed by atoms with Gasteiger partial charge in [-0.1, -0.05) is 130 Å². The predicted octanol–water partition coefficient (Wildman–Crippen LogP) is 10.6. The normalized spacial score (nSPS) is 16.5. The molecule has 1 nitrogen and oxygen atoms in total. The van der Waals surface area contributed by atoms with Gasteiger partial charge in [0.25, 0.3) is 0 Å². The van der Waals surface area contributed by atoms with Crippen molar-refractivity contribution in [3.8, 4) is 33.8 Å². The highest BCUT2D eigenvalue weighted by Gasteiger charge is 2.52. The zero-order valence-corrected chi connectivity index (χ0v) is 24.2. The van der Waals surface area contributed by atoms with Crippen LogP contribution >= 0.6 is 0 Å². The van der Waals surface area contributed by atoms with E-state index in [2.05, 4.69) is 149 Å². The van der Waals surface area contributed by atoms with Gasteiger partial charge in [0.15, 0.2) is 0 Å². The quantitative estimate of drug-likeness (QED) is 0.217. The summed E-state index contributed by atoms with van der Waals surface area (Å²) >= 11 is 0. The highest BCUT2D eigenvalue weighted by atomic mass is 16.5. The first-order chi connectivity index (χ1) is 20.5. The molecule has 42 heavy (non-hydrogen) atoms. The van der Waals surface area contributed by atoms with Crippen LogP contribution in [0.25, 0.3) is 27.8 Å². The molecule has 0 amide bonds. The first-order valence-corrected chi connectivity index (χ1v) is 14.8. The Hall–Kier alpha value is -4.88. The van der Waals surface area contributed by atoms with Crippen LogP contribution in [0, 0.1) is 0 Å². The summed E-state index contributed by atoms with van der Waals surface area (Å²) in [6.45, 7) is 10.9. The largest absolute Gasteiger partial charge is 0.457 e. The van der Waals surface area contributed by atoms with Gasteiger partial charge in [-0.15, -0.1) is 0 Å². The van der Waals surface area contributed by atoms with E-state index in [1.807, 2.05) is 6.08 Å². The Kier molecular flexibility index (Phi) is 5.22. The lowest BCUT2D eigenvalue weighted by Crippen LogP contribution is -2.32. The number of hydrogen-bond acceptors (Lipinski definition) is 1. The average molecular weight is 541 g/mol. The molecule has 3 aliphatic rings. The van der Waals surface area contributed by atoms with Gasteiger partial charge in [-0.3, -0.25) is 0 Å². The van der Waals surface area contributed by atoms with Crippen molar-refractivity contribution >= 4 is 5.57 Å². The average Bonchev–Trinajstić information content (AvgIpc) is 3.43. The maximum atomic E-state index is 6.57. The summed E-state index contributed by atoms with van der Waals surface area (Å²) in [5, 5.41) is 0. The standard InChI is InChI=1S/C41H32O/c1-5-14-28-30-24-23-26(25-36(30)40(3,4)32(28)6-2)27-16-13-17-31-29-15-7-8-18-33(29)41(39(27)31)34-19-9-11-21-37(34)42-38-22-12-10-20-35(38)41/h5-25H,2H2,1,3-4H3/b14-5-. The van der Waals surface area contributed by atoms with Crippen molar-refractivity contribution in [1.82, 2.24) is 0 Å². The summed E-state index contributed by atoms with van der Waals surface area (Å²) in [4.78, 5) is 0. The van der Waals surface area contributed by atoms with E-state index in [-0.39, 0.29) is 5.41 Å². The van der Waals surface area contributed by atoms with Gasteiger partial charge in [0.1, 0.15) is 11.5 Å². The van der Waals surface area contributed by atoms with Crippen molar-refractivity contribution in [2.24, 2.45) is 0 Å². The lowest BCUT2D eigenvalue weighted by atomic mass is 9.64. The third-order valence-corrected chi connectivity index (χ3v) is 9.66. The highest BCUT2D eigenvalue weighted by Crippen LogP contribution is 2.64. The lowest BCUT2D eigenvalue weighted by Gasteiger charge is -2.40. The molecule has 0 atom stereocenters. The summed E-state index contributed by atoms with van der Waals surface area (Å²) in [5.41, 5.74) is 14.6. The molecule has 1 spiro atoms. The summed E-state index contributed by atoms with van der Waals surface area (Å²) < 4.78 is 6.57. The van der Waals surface area contributed by atoms with Gasteiger partial charge in [-0.25, -0.2) is 0 Å². The van der Waals surface area contributed by atoms with Crippen molar-refractivity contribution in [3.63, 3.8) is 0 Å². The maximum Gasteiger partial charge on any atom is 0.132 e. The van der Waals surface area contributed by atoms with E-state index in [9.17, 15) is 0 Å². The summed E-state index contributed by atoms with van der Waals surface area (Å²) in [7, 11) is 0. The fourth-order valence-electron chi connectivity index (χ4n) is 7.96. The van der Waals surface area contributed by atoms with E-state index in [4.69, 9.17) is 4.74 Å². The van der Waals surface area contributed by atoms with Gasteiger partial charge in [-0.05, 0) is 80.8 Å². The lowest BCUT2D eigenvalue weighted by molar-refractivity contribution is 0.436. The zero-order valence-electron chi connectivity index (χ0n) is 24.2. The molecule has 0 unspecified atom stereocenters. The van der Waals surface area contributed by atoms with Crippen LogP contribution in [0.15, 0.2) is 140 Å². The minimum Gasteiger partial charge on any atom is -0.457 e. The van der Waals surface area contributed by atoms with E-state index in [0.717, 1.165) is 11.5 Å². The van der Waals surface area contributed by atoms with Gasteiger partial charge in [0, 0.05) is 16.5 Å². The smallest absolute Gasteiger partial charge is 0.132 e. The van der Waals surface area contributed by atoms with Crippen LogP contribution in [0.1, 0.15) is 54.2 Å². The topological polar surface area (TPSA) is 9.23 Å². The van der Waals surface area contributed by atoms with Crippen LogP contribution in [0.2, 0.25) is 0 Å². The number of rotatable bonds is 3. The number of para-hydroxylation sites is 2. The SMILES string of the molecule is C=CC1=C(/C=C\C)c2ccc(-c3cccc4c3C3(c5ccccc5Oc5ccccc53)c3ccccc3-4)cc2C1(C)C. The molecule has 0 saturated carbocycles. The molecule has 1 heteroatoms. The van der Waals surface area contributed by atoms with Crippen molar-refractivity contribution in [2.75, 3.05) is 0 Å². The number of ether oxygens (including phenoxy) is 1. The van der Waals surface area contributed by atoms with Crippen molar-refractivity contribution in [1.29, 1.82) is 0 Å². The van der Waals surface area contributed by atoms with Crippen LogP contribution in [-0.2, 0) is 10.8 Å². The molecule has 1 aliphatic heterocycles. The van der Waals surface area contributed by atoms with E-state index >= 15 is 0 Å². The zero-order chi connectivity index (χ0) is 28.6. The molecule has 0 bridgehead atoms. The van der Waals surface area contributed by atoms with Gasteiger partial charge < -0.3 is 4.74 Å². The Labute approximate surface area is 248 Å². The number of benzene rings is 5. The van der Waals surface area contributed by atoms with Crippen LogP contribution in [0.3, 0.4) is 0 Å². The van der Waals surface area contributed by atoms with E-state index in [1.165, 1.54) is 66.8 Å². The fraction of sp³-hybridized carbons (Fsp3) is 0.122. The molecule has 5 aromatic carbocycles. The molecule has 0 radical (unpaired) electrons. The minimum absolute atomic E-state index is 0.140. The highest BCUT2D eigenvalue weighted by molar-refractivity contribution is 5.95. The molecular weight excluding hydrogens is 508 g/mol. The molecule has 0 aromatic heterocycles. The van der Waals surface area contributed by atoms with Crippen molar-refractivity contribution < 1.29 is 4.74 Å². The predicted molar refractivity (Wildman–Crippen MR) is 174 cm³/mol. The Bertz CT molecular complexity index is 1970. The Morgan fingerprint density at radius 2 is 1.24 bits per heavy atom. The summed E-state index contributed by atoms with van der Waals surface area (Å²) in [5.74, 6) is 1.83. The number of hydrogen-bond donors (Lipinski definition) is 0. The number of fused-ring (bicyclic) bond motifs is 10.